The molecule has 4 aromatic rings. The minimum Gasteiger partial charge on any atom is -0.422 e. The molecule has 1 aliphatic rings. The highest BCUT2D eigenvalue weighted by molar-refractivity contribution is 9.10. The van der Waals surface area contributed by atoms with Crippen molar-refractivity contribution in [3.8, 4) is 0 Å². The Labute approximate surface area is 183 Å². The van der Waals surface area contributed by atoms with E-state index in [9.17, 15) is 19.2 Å². The summed E-state index contributed by atoms with van der Waals surface area (Å²) >= 11 is 3.34. The van der Waals surface area contributed by atoms with Crippen molar-refractivity contribution in [2.45, 2.75) is 0 Å². The van der Waals surface area contributed by atoms with Crippen molar-refractivity contribution in [1.82, 2.24) is 0 Å². The maximum atomic E-state index is 13.1. The molecule has 7 heteroatoms. The number of amides is 1. The molecule has 0 fully saturated rings. The van der Waals surface area contributed by atoms with E-state index < -0.39 is 11.5 Å². The van der Waals surface area contributed by atoms with Crippen LogP contribution in [0.2, 0.25) is 0 Å². The van der Waals surface area contributed by atoms with Gasteiger partial charge in [0.25, 0.3) is 5.91 Å². The van der Waals surface area contributed by atoms with Crippen LogP contribution in [0.1, 0.15) is 42.2 Å². The number of fused-ring (bicyclic) bond motifs is 3. The lowest BCUT2D eigenvalue weighted by molar-refractivity contribution is 0.0978. The average molecular weight is 474 g/mol. The fourth-order valence-corrected chi connectivity index (χ4v) is 4.07. The van der Waals surface area contributed by atoms with Gasteiger partial charge in [0.05, 0.1) is 11.3 Å². The average Bonchev–Trinajstić information content (AvgIpc) is 2.77. The van der Waals surface area contributed by atoms with Crippen LogP contribution in [-0.2, 0) is 0 Å². The first kappa shape index (κ1) is 19.1. The van der Waals surface area contributed by atoms with Gasteiger partial charge in [-0.25, -0.2) is 4.79 Å². The molecule has 0 spiro atoms. The lowest BCUT2D eigenvalue weighted by atomic mass is 9.83. The first-order valence-electron chi connectivity index (χ1n) is 9.30. The predicted octanol–water partition coefficient (Wildman–Crippen LogP) is 4.58. The van der Waals surface area contributed by atoms with Gasteiger partial charge in [0.2, 0.25) is 0 Å². The van der Waals surface area contributed by atoms with Gasteiger partial charge in [0, 0.05) is 26.5 Å². The van der Waals surface area contributed by atoms with E-state index in [1.54, 1.807) is 54.6 Å². The third kappa shape index (κ3) is 3.10. The molecule has 0 atom stereocenters. The van der Waals surface area contributed by atoms with E-state index in [2.05, 4.69) is 21.2 Å². The van der Waals surface area contributed by atoms with Crippen LogP contribution in [0.4, 0.5) is 5.69 Å². The largest absolute Gasteiger partial charge is 0.422 e. The number of anilines is 1. The zero-order valence-corrected chi connectivity index (χ0v) is 17.4. The van der Waals surface area contributed by atoms with Gasteiger partial charge in [-0.3, -0.25) is 14.4 Å². The molecule has 6 nitrogen and oxygen atoms in total. The van der Waals surface area contributed by atoms with Crippen LogP contribution in [-0.4, -0.2) is 17.5 Å². The van der Waals surface area contributed by atoms with Gasteiger partial charge in [0.15, 0.2) is 11.6 Å². The van der Waals surface area contributed by atoms with Crippen molar-refractivity contribution < 1.29 is 18.8 Å². The molecule has 0 bridgehead atoms. The van der Waals surface area contributed by atoms with Crippen molar-refractivity contribution >= 4 is 50.1 Å². The molecule has 0 saturated carbocycles. The summed E-state index contributed by atoms with van der Waals surface area (Å²) in [6, 6.07) is 17.7. The van der Waals surface area contributed by atoms with E-state index in [4.69, 9.17) is 4.42 Å². The lowest BCUT2D eigenvalue weighted by Gasteiger charge is -2.20. The van der Waals surface area contributed by atoms with Crippen LogP contribution in [0.25, 0.3) is 11.0 Å². The Balaban J connectivity index is 1.58. The monoisotopic (exact) mass is 473 g/mol. The van der Waals surface area contributed by atoms with Crippen molar-refractivity contribution in [3.63, 3.8) is 0 Å². The molecule has 1 N–H and O–H groups in total. The van der Waals surface area contributed by atoms with Crippen LogP contribution in [0.3, 0.4) is 0 Å². The molecule has 0 aliphatic heterocycles. The summed E-state index contributed by atoms with van der Waals surface area (Å²) in [6.45, 7) is 0. The predicted molar refractivity (Wildman–Crippen MR) is 118 cm³/mol. The standard InChI is InChI=1S/C24H12BrNO5/c25-13-8-9-19-12(10-13)11-17(24(30)31-19)23(29)26-18-7-3-6-16-20(18)22(28)15-5-2-1-4-14(15)21(16)27/h1-11H,(H,26,29). The van der Waals surface area contributed by atoms with Crippen LogP contribution < -0.4 is 10.9 Å². The number of rotatable bonds is 2. The number of carbonyl (C=O) groups is 3. The van der Waals surface area contributed by atoms with Gasteiger partial charge in [-0.05, 0) is 30.3 Å². The summed E-state index contributed by atoms with van der Waals surface area (Å²) in [5, 5.41) is 3.17. The summed E-state index contributed by atoms with van der Waals surface area (Å²) in [7, 11) is 0. The van der Waals surface area contributed by atoms with Crippen molar-refractivity contribution in [1.29, 1.82) is 0 Å². The van der Waals surface area contributed by atoms with Gasteiger partial charge < -0.3 is 9.73 Å². The van der Waals surface area contributed by atoms with E-state index in [0.29, 0.717) is 16.5 Å². The van der Waals surface area contributed by atoms with Crippen molar-refractivity contribution in [2.75, 3.05) is 5.32 Å². The SMILES string of the molecule is O=C1c2ccccc2C(=O)c2c(NC(=O)c3cc4cc(Br)ccc4oc3=O)cccc21. The Hall–Kier alpha value is -3.84. The third-order valence-corrected chi connectivity index (χ3v) is 5.63. The van der Waals surface area contributed by atoms with Crippen molar-refractivity contribution in [3.05, 3.63) is 109 Å². The van der Waals surface area contributed by atoms with E-state index in [1.165, 1.54) is 12.1 Å². The molecular weight excluding hydrogens is 462 g/mol. The van der Waals surface area contributed by atoms with Crippen LogP contribution in [0.15, 0.2) is 80.4 Å². The second-order valence-corrected chi connectivity index (χ2v) is 7.93. The Morgan fingerprint density at radius 3 is 2.29 bits per heavy atom. The summed E-state index contributed by atoms with van der Waals surface area (Å²) in [5.74, 6) is -1.39. The molecule has 1 aromatic heterocycles. The van der Waals surface area contributed by atoms with Gasteiger partial charge >= 0.3 is 5.63 Å². The minimum atomic E-state index is -0.801. The normalized spacial score (nSPS) is 12.4. The molecule has 0 radical (unpaired) electrons. The number of benzene rings is 3. The summed E-state index contributed by atoms with van der Waals surface area (Å²) < 4.78 is 6.01. The number of carbonyl (C=O) groups excluding carboxylic acids is 3. The molecular formula is C24H12BrNO5. The van der Waals surface area contributed by atoms with Gasteiger partial charge in [0.1, 0.15) is 11.1 Å². The molecule has 5 rings (SSSR count). The second-order valence-electron chi connectivity index (χ2n) is 7.02. The van der Waals surface area contributed by atoms with E-state index >= 15 is 0 Å². The highest BCUT2D eigenvalue weighted by Gasteiger charge is 2.32. The Kier molecular flexibility index (Phi) is 4.41. The van der Waals surface area contributed by atoms with Crippen LogP contribution in [0.5, 0.6) is 0 Å². The minimum absolute atomic E-state index is 0.104. The molecule has 0 unspecified atom stereocenters. The van der Waals surface area contributed by atoms with E-state index in [0.717, 1.165) is 4.47 Å². The molecule has 31 heavy (non-hydrogen) atoms. The van der Waals surface area contributed by atoms with Crippen LogP contribution >= 0.6 is 15.9 Å². The van der Waals surface area contributed by atoms with Gasteiger partial charge in [-0.1, -0.05) is 52.3 Å². The molecule has 0 saturated heterocycles. The molecule has 1 heterocycles. The smallest absolute Gasteiger partial charge is 0.349 e. The fraction of sp³-hybridized carbons (Fsp3) is 0. The fourth-order valence-electron chi connectivity index (χ4n) is 3.69. The highest BCUT2D eigenvalue weighted by Crippen LogP contribution is 2.32. The molecule has 1 amide bonds. The van der Waals surface area contributed by atoms with Crippen molar-refractivity contribution in [2.24, 2.45) is 0 Å². The number of hydrogen-bond acceptors (Lipinski definition) is 5. The first-order chi connectivity index (χ1) is 14.9. The Morgan fingerprint density at radius 1 is 0.806 bits per heavy atom. The third-order valence-electron chi connectivity index (χ3n) is 5.14. The van der Waals surface area contributed by atoms with E-state index in [1.807, 2.05) is 0 Å². The quantitative estimate of drug-likeness (QED) is 0.378. The number of hydrogen-bond donors (Lipinski definition) is 1. The maximum absolute atomic E-state index is 13.1. The molecule has 150 valence electrons. The molecule has 3 aromatic carbocycles. The lowest BCUT2D eigenvalue weighted by Crippen LogP contribution is -2.25. The highest BCUT2D eigenvalue weighted by atomic mass is 79.9. The Bertz CT molecular complexity index is 1500. The topological polar surface area (TPSA) is 93.4 Å². The second kappa shape index (κ2) is 7.14. The van der Waals surface area contributed by atoms with E-state index in [-0.39, 0.29) is 39.5 Å². The van der Waals surface area contributed by atoms with Gasteiger partial charge in [-0.2, -0.15) is 0 Å². The first-order valence-corrected chi connectivity index (χ1v) is 10.1. The zero-order chi connectivity index (χ0) is 21.7. The van der Waals surface area contributed by atoms with Gasteiger partial charge in [-0.15, -0.1) is 0 Å². The number of ketones is 2. The maximum Gasteiger partial charge on any atom is 0.349 e. The zero-order valence-electron chi connectivity index (χ0n) is 15.8. The Morgan fingerprint density at radius 2 is 1.52 bits per heavy atom. The summed E-state index contributed by atoms with van der Waals surface area (Å²) in [6.07, 6.45) is 0. The summed E-state index contributed by atoms with van der Waals surface area (Å²) in [5.41, 5.74) is 0.399. The summed E-state index contributed by atoms with van der Waals surface area (Å²) in [4.78, 5) is 51.2. The molecule has 1 aliphatic carbocycles. The van der Waals surface area contributed by atoms with Crippen LogP contribution in [0, 0.1) is 0 Å². The number of halogens is 1. The number of nitrogens with one attached hydrogen (secondary N) is 1.